The van der Waals surface area contributed by atoms with Gasteiger partial charge in [0.15, 0.2) is 0 Å². The monoisotopic (exact) mass is 275 g/mol. The van der Waals surface area contributed by atoms with Crippen molar-refractivity contribution in [2.24, 2.45) is 5.84 Å². The molecule has 0 radical (unpaired) electrons. The summed E-state index contributed by atoms with van der Waals surface area (Å²) in [7, 11) is 0. The first-order valence-electron chi connectivity index (χ1n) is 6.15. The first kappa shape index (κ1) is 13.6. The van der Waals surface area contributed by atoms with Crippen LogP contribution in [0.3, 0.4) is 0 Å². The van der Waals surface area contributed by atoms with Crippen molar-refractivity contribution in [1.82, 2.24) is 5.32 Å². The van der Waals surface area contributed by atoms with Gasteiger partial charge < -0.3 is 10.7 Å². The highest BCUT2D eigenvalue weighted by Gasteiger charge is 2.06. The minimum Gasteiger partial charge on any atom is -0.347 e. The van der Waals surface area contributed by atoms with Crippen molar-refractivity contribution in [2.75, 3.05) is 5.43 Å². The predicted octanol–water partition coefficient (Wildman–Crippen LogP) is 2.53. The van der Waals surface area contributed by atoms with Crippen molar-refractivity contribution in [3.05, 3.63) is 51.7 Å². The lowest BCUT2D eigenvalue weighted by Gasteiger charge is -2.05. The van der Waals surface area contributed by atoms with Gasteiger partial charge in [-0.05, 0) is 42.8 Å². The molecule has 0 aliphatic heterocycles. The minimum absolute atomic E-state index is 0.0741. The molecule has 100 valence electrons. The average molecular weight is 275 g/mol. The minimum atomic E-state index is -0.0741. The van der Waals surface area contributed by atoms with Crippen LogP contribution in [0, 0.1) is 0 Å². The van der Waals surface area contributed by atoms with Gasteiger partial charge in [0.25, 0.3) is 5.91 Å². The highest BCUT2D eigenvalue weighted by molar-refractivity contribution is 7.11. The summed E-state index contributed by atoms with van der Waals surface area (Å²) in [6, 6.07) is 11.2. The SMILES string of the molecule is CCc1ccc(CNC(=O)c2ccc(NN)cc2)s1. The third kappa shape index (κ3) is 3.56. The number of amides is 1. The zero-order valence-corrected chi connectivity index (χ0v) is 11.6. The van der Waals surface area contributed by atoms with Crippen LogP contribution in [0.25, 0.3) is 0 Å². The molecular formula is C14H17N3OS. The van der Waals surface area contributed by atoms with Crippen LogP contribution in [0.5, 0.6) is 0 Å². The van der Waals surface area contributed by atoms with E-state index >= 15 is 0 Å². The maximum Gasteiger partial charge on any atom is 0.251 e. The predicted molar refractivity (Wildman–Crippen MR) is 79.1 cm³/mol. The molecule has 4 nitrogen and oxygen atoms in total. The van der Waals surface area contributed by atoms with Crippen LogP contribution in [-0.4, -0.2) is 5.91 Å². The van der Waals surface area contributed by atoms with Gasteiger partial charge in [0.2, 0.25) is 0 Å². The summed E-state index contributed by atoms with van der Waals surface area (Å²) in [5, 5.41) is 2.91. The highest BCUT2D eigenvalue weighted by atomic mass is 32.1. The van der Waals surface area contributed by atoms with E-state index < -0.39 is 0 Å². The van der Waals surface area contributed by atoms with E-state index in [1.165, 1.54) is 9.75 Å². The molecule has 1 aromatic carbocycles. The Morgan fingerprint density at radius 1 is 1.16 bits per heavy atom. The Labute approximate surface area is 116 Å². The molecule has 0 saturated heterocycles. The zero-order valence-electron chi connectivity index (χ0n) is 10.8. The van der Waals surface area contributed by atoms with Crippen molar-refractivity contribution in [3.63, 3.8) is 0 Å². The number of benzene rings is 1. The topological polar surface area (TPSA) is 67.2 Å². The molecule has 5 heteroatoms. The van der Waals surface area contributed by atoms with Crippen LogP contribution in [0.1, 0.15) is 27.0 Å². The van der Waals surface area contributed by atoms with Gasteiger partial charge in [-0.3, -0.25) is 10.6 Å². The molecule has 0 unspecified atom stereocenters. The second-order valence-corrected chi connectivity index (χ2v) is 5.38. The van der Waals surface area contributed by atoms with E-state index in [-0.39, 0.29) is 5.91 Å². The van der Waals surface area contributed by atoms with E-state index in [0.717, 1.165) is 12.1 Å². The number of nitrogens with two attached hydrogens (primary N) is 1. The number of hydrazine groups is 1. The van der Waals surface area contributed by atoms with Crippen molar-refractivity contribution < 1.29 is 4.79 Å². The molecule has 0 bridgehead atoms. The second-order valence-electron chi connectivity index (χ2n) is 4.13. The smallest absolute Gasteiger partial charge is 0.251 e. The quantitative estimate of drug-likeness (QED) is 0.580. The van der Waals surface area contributed by atoms with E-state index in [4.69, 9.17) is 5.84 Å². The number of anilines is 1. The van der Waals surface area contributed by atoms with Crippen LogP contribution in [0.2, 0.25) is 0 Å². The van der Waals surface area contributed by atoms with Gasteiger partial charge in [0.1, 0.15) is 0 Å². The summed E-state index contributed by atoms with van der Waals surface area (Å²) in [4.78, 5) is 14.4. The molecule has 19 heavy (non-hydrogen) atoms. The van der Waals surface area contributed by atoms with Crippen molar-refractivity contribution in [3.8, 4) is 0 Å². The summed E-state index contributed by atoms with van der Waals surface area (Å²) in [6.45, 7) is 2.70. The molecule has 1 amide bonds. The maximum absolute atomic E-state index is 11.9. The molecule has 0 atom stereocenters. The Morgan fingerprint density at radius 2 is 1.84 bits per heavy atom. The van der Waals surface area contributed by atoms with Crippen molar-refractivity contribution in [1.29, 1.82) is 0 Å². The number of carbonyl (C=O) groups is 1. The Kier molecular flexibility index (Phi) is 4.54. The highest BCUT2D eigenvalue weighted by Crippen LogP contribution is 2.16. The first-order valence-corrected chi connectivity index (χ1v) is 6.97. The number of nitrogen functional groups attached to an aromatic ring is 1. The van der Waals surface area contributed by atoms with Gasteiger partial charge in [-0.2, -0.15) is 0 Å². The molecule has 0 saturated carbocycles. The lowest BCUT2D eigenvalue weighted by molar-refractivity contribution is 0.0951. The van der Waals surface area contributed by atoms with E-state index in [1.54, 1.807) is 35.6 Å². The molecule has 2 rings (SSSR count). The van der Waals surface area contributed by atoms with Crippen LogP contribution < -0.4 is 16.6 Å². The molecule has 0 aliphatic carbocycles. The standard InChI is InChI=1S/C14H17N3OS/c1-2-12-7-8-13(19-12)9-16-14(18)10-3-5-11(17-15)6-4-10/h3-8,17H,2,9,15H2,1H3,(H,16,18). The fraction of sp³-hybridized carbons (Fsp3) is 0.214. The normalized spacial score (nSPS) is 10.2. The van der Waals surface area contributed by atoms with Crippen molar-refractivity contribution >= 4 is 22.9 Å². The van der Waals surface area contributed by atoms with Crippen LogP contribution in [-0.2, 0) is 13.0 Å². The molecule has 0 spiro atoms. The number of hydrogen-bond donors (Lipinski definition) is 3. The average Bonchev–Trinajstić information content (AvgIpc) is 2.93. The largest absolute Gasteiger partial charge is 0.347 e. The lowest BCUT2D eigenvalue weighted by Crippen LogP contribution is -2.22. The molecule has 4 N–H and O–H groups in total. The van der Waals surface area contributed by atoms with E-state index in [2.05, 4.69) is 29.8 Å². The first-order chi connectivity index (χ1) is 9.22. The fourth-order valence-corrected chi connectivity index (χ4v) is 2.59. The van der Waals surface area contributed by atoms with Crippen LogP contribution in [0.15, 0.2) is 36.4 Å². The lowest BCUT2D eigenvalue weighted by atomic mass is 10.2. The van der Waals surface area contributed by atoms with Gasteiger partial charge in [0, 0.05) is 21.0 Å². The van der Waals surface area contributed by atoms with Gasteiger partial charge in [-0.25, -0.2) is 0 Å². The summed E-state index contributed by atoms with van der Waals surface area (Å²) in [5.41, 5.74) is 3.94. The number of nitrogens with one attached hydrogen (secondary N) is 2. The van der Waals surface area contributed by atoms with Crippen LogP contribution in [0.4, 0.5) is 5.69 Å². The molecular weight excluding hydrogens is 258 g/mol. The molecule has 0 aliphatic rings. The molecule has 1 heterocycles. The Balaban J connectivity index is 1.93. The Bertz CT molecular complexity index is 548. The summed E-state index contributed by atoms with van der Waals surface area (Å²) in [5.74, 6) is 5.20. The van der Waals surface area contributed by atoms with E-state index in [9.17, 15) is 4.79 Å². The van der Waals surface area contributed by atoms with Crippen LogP contribution >= 0.6 is 11.3 Å². The summed E-state index contributed by atoms with van der Waals surface area (Å²) in [6.07, 6.45) is 1.03. The van der Waals surface area contributed by atoms with Gasteiger partial charge in [-0.1, -0.05) is 6.92 Å². The molecule has 2 aromatic rings. The number of hydrogen-bond acceptors (Lipinski definition) is 4. The number of rotatable bonds is 5. The number of thiophene rings is 1. The van der Waals surface area contributed by atoms with Gasteiger partial charge >= 0.3 is 0 Å². The van der Waals surface area contributed by atoms with E-state index in [1.807, 2.05) is 0 Å². The van der Waals surface area contributed by atoms with E-state index in [0.29, 0.717) is 12.1 Å². The zero-order chi connectivity index (χ0) is 13.7. The summed E-state index contributed by atoms with van der Waals surface area (Å²) >= 11 is 1.73. The molecule has 0 fully saturated rings. The Morgan fingerprint density at radius 3 is 2.42 bits per heavy atom. The maximum atomic E-state index is 11.9. The fourth-order valence-electron chi connectivity index (χ4n) is 1.69. The number of aryl methyl sites for hydroxylation is 1. The third-order valence-corrected chi connectivity index (χ3v) is 4.03. The Hall–Kier alpha value is -1.85. The molecule has 1 aromatic heterocycles. The third-order valence-electron chi connectivity index (χ3n) is 2.80. The second kappa shape index (κ2) is 6.36. The number of carbonyl (C=O) groups excluding carboxylic acids is 1. The van der Waals surface area contributed by atoms with Gasteiger partial charge in [0.05, 0.1) is 6.54 Å². The van der Waals surface area contributed by atoms with Crippen molar-refractivity contribution in [2.45, 2.75) is 19.9 Å². The summed E-state index contributed by atoms with van der Waals surface area (Å²) < 4.78 is 0. The van der Waals surface area contributed by atoms with Gasteiger partial charge in [-0.15, -0.1) is 11.3 Å².